The van der Waals surface area contributed by atoms with Crippen molar-refractivity contribution in [1.82, 2.24) is 0 Å². The fourth-order valence-corrected chi connectivity index (χ4v) is 3.70. The van der Waals surface area contributed by atoms with E-state index in [2.05, 4.69) is 0 Å². The van der Waals surface area contributed by atoms with Gasteiger partial charge in [-0.1, -0.05) is 48.5 Å². The maximum atomic E-state index is 5.57. The highest BCUT2D eigenvalue weighted by Crippen LogP contribution is 2.07. The van der Waals surface area contributed by atoms with Crippen LogP contribution in [0, 0.1) is 0 Å². The molecule has 0 saturated heterocycles. The lowest BCUT2D eigenvalue weighted by atomic mass is 10.2. The molecule has 0 aliphatic rings. The zero-order valence-electron chi connectivity index (χ0n) is 27.9. The van der Waals surface area contributed by atoms with Crippen LogP contribution in [-0.4, -0.2) is 145 Å². The van der Waals surface area contributed by atoms with Crippen LogP contribution in [0.3, 0.4) is 0 Å². The van der Waals surface area contributed by atoms with E-state index >= 15 is 0 Å². The highest BCUT2D eigenvalue weighted by atomic mass is 16.6. The summed E-state index contributed by atoms with van der Waals surface area (Å²) in [7, 11) is 0. The SMILES string of the molecule is c1ccc(COCCOCCOCCOCCOCCOCCOCCOCCOCCOCCOCCOc2ccccc2)cc1. The average Bonchev–Trinajstić information content (AvgIpc) is 3.11. The Hall–Kier alpha value is -2.20. The molecule has 12 nitrogen and oxygen atoms in total. The highest BCUT2D eigenvalue weighted by Gasteiger charge is 1.97. The molecule has 0 bridgehead atoms. The van der Waals surface area contributed by atoms with Gasteiger partial charge in [-0.15, -0.1) is 0 Å². The van der Waals surface area contributed by atoms with Crippen LogP contribution < -0.4 is 4.74 Å². The summed E-state index contributed by atoms with van der Waals surface area (Å²) >= 11 is 0. The van der Waals surface area contributed by atoms with Crippen molar-refractivity contribution in [2.45, 2.75) is 6.61 Å². The molecule has 2 aromatic carbocycles. The Bertz CT molecular complexity index is 806. The van der Waals surface area contributed by atoms with Gasteiger partial charge in [0.25, 0.3) is 0 Å². The molecule has 0 saturated carbocycles. The van der Waals surface area contributed by atoms with Gasteiger partial charge in [-0.25, -0.2) is 0 Å². The smallest absolute Gasteiger partial charge is 0.119 e. The molecular weight excluding hydrogens is 612 g/mol. The van der Waals surface area contributed by atoms with Gasteiger partial charge in [-0.2, -0.15) is 0 Å². The molecule has 0 atom stereocenters. The Morgan fingerprint density at radius 2 is 0.511 bits per heavy atom. The molecule has 0 heterocycles. The molecule has 268 valence electrons. The van der Waals surface area contributed by atoms with Gasteiger partial charge in [0.2, 0.25) is 0 Å². The quantitative estimate of drug-likeness (QED) is 0.0993. The maximum Gasteiger partial charge on any atom is 0.119 e. The summed E-state index contributed by atoms with van der Waals surface area (Å²) in [6, 6.07) is 19.8. The molecule has 0 aliphatic heterocycles. The predicted octanol–water partition coefficient (Wildman–Crippen LogP) is 3.45. The molecule has 0 spiro atoms. The maximum absolute atomic E-state index is 5.57. The molecule has 0 unspecified atom stereocenters. The van der Waals surface area contributed by atoms with Crippen molar-refractivity contribution >= 4 is 0 Å². The second-order valence-corrected chi connectivity index (χ2v) is 9.82. The molecule has 0 aliphatic carbocycles. The minimum Gasteiger partial charge on any atom is -0.491 e. The highest BCUT2D eigenvalue weighted by molar-refractivity contribution is 5.20. The van der Waals surface area contributed by atoms with Crippen molar-refractivity contribution in [2.24, 2.45) is 0 Å². The molecule has 2 aromatic rings. The lowest BCUT2D eigenvalue weighted by molar-refractivity contribution is -0.0279. The van der Waals surface area contributed by atoms with E-state index in [1.54, 1.807) is 0 Å². The van der Waals surface area contributed by atoms with E-state index in [0.29, 0.717) is 152 Å². The second kappa shape index (κ2) is 33.7. The van der Waals surface area contributed by atoms with Crippen molar-refractivity contribution in [3.8, 4) is 5.75 Å². The van der Waals surface area contributed by atoms with Gasteiger partial charge in [-0.05, 0) is 17.7 Å². The van der Waals surface area contributed by atoms with Crippen molar-refractivity contribution in [3.63, 3.8) is 0 Å². The van der Waals surface area contributed by atoms with E-state index in [4.69, 9.17) is 56.8 Å². The Morgan fingerprint density at radius 3 is 0.830 bits per heavy atom. The summed E-state index contributed by atoms with van der Waals surface area (Å²) in [6.07, 6.45) is 0. The van der Waals surface area contributed by atoms with Crippen LogP contribution in [-0.2, 0) is 58.7 Å². The topological polar surface area (TPSA) is 111 Å². The van der Waals surface area contributed by atoms with E-state index in [9.17, 15) is 0 Å². The molecule has 2 rings (SSSR count). The Labute approximate surface area is 280 Å². The Morgan fingerprint density at radius 1 is 0.255 bits per heavy atom. The van der Waals surface area contributed by atoms with Crippen LogP contribution in [0.2, 0.25) is 0 Å². The van der Waals surface area contributed by atoms with Gasteiger partial charge >= 0.3 is 0 Å². The van der Waals surface area contributed by atoms with E-state index in [0.717, 1.165) is 11.3 Å². The molecule has 12 heteroatoms. The van der Waals surface area contributed by atoms with Crippen molar-refractivity contribution < 1.29 is 56.8 Å². The number of rotatable bonds is 36. The molecule has 0 aromatic heterocycles. The molecular formula is C35H56O12. The lowest BCUT2D eigenvalue weighted by Crippen LogP contribution is -2.15. The van der Waals surface area contributed by atoms with Crippen LogP contribution in [0.25, 0.3) is 0 Å². The van der Waals surface area contributed by atoms with Crippen LogP contribution in [0.4, 0.5) is 0 Å². The zero-order valence-corrected chi connectivity index (χ0v) is 27.9. The van der Waals surface area contributed by atoms with Gasteiger partial charge in [0.15, 0.2) is 0 Å². The van der Waals surface area contributed by atoms with E-state index in [1.807, 2.05) is 60.7 Å². The summed E-state index contributed by atoms with van der Waals surface area (Å²) < 4.78 is 66.0. The molecule has 0 amide bonds. The number of benzene rings is 2. The van der Waals surface area contributed by atoms with E-state index < -0.39 is 0 Å². The number of hydrogen-bond acceptors (Lipinski definition) is 12. The van der Waals surface area contributed by atoms with Crippen LogP contribution in [0.15, 0.2) is 60.7 Å². The third kappa shape index (κ3) is 28.5. The van der Waals surface area contributed by atoms with Crippen molar-refractivity contribution in [1.29, 1.82) is 0 Å². The Balaban J connectivity index is 1.13. The molecule has 0 fully saturated rings. The minimum absolute atomic E-state index is 0.511. The third-order valence-electron chi connectivity index (χ3n) is 6.07. The van der Waals surface area contributed by atoms with E-state index in [-0.39, 0.29) is 0 Å². The van der Waals surface area contributed by atoms with Crippen LogP contribution >= 0.6 is 0 Å². The van der Waals surface area contributed by atoms with Gasteiger partial charge in [0.1, 0.15) is 12.4 Å². The standard InChI is InChI=1S/C35H56O12/c1-3-7-34(8-4-1)33-46-30-29-44-26-25-42-22-21-40-18-17-38-14-13-36-11-12-37-15-16-39-19-20-41-23-24-43-27-28-45-31-32-47-35-9-5-2-6-10-35/h1-10H,11-33H2. The average molecular weight is 669 g/mol. The van der Waals surface area contributed by atoms with E-state index in [1.165, 1.54) is 0 Å². The molecule has 0 N–H and O–H groups in total. The third-order valence-corrected chi connectivity index (χ3v) is 6.07. The van der Waals surface area contributed by atoms with Crippen molar-refractivity contribution in [2.75, 3.05) is 145 Å². The summed E-state index contributed by atoms with van der Waals surface area (Å²) in [4.78, 5) is 0. The summed E-state index contributed by atoms with van der Waals surface area (Å²) in [5, 5.41) is 0. The first-order valence-electron chi connectivity index (χ1n) is 16.5. The summed E-state index contributed by atoms with van der Waals surface area (Å²) in [5.41, 5.74) is 1.16. The fourth-order valence-electron chi connectivity index (χ4n) is 3.70. The Kier molecular flexibility index (Phi) is 29.4. The molecule has 47 heavy (non-hydrogen) atoms. The van der Waals surface area contributed by atoms with Crippen LogP contribution in [0.5, 0.6) is 5.75 Å². The summed E-state index contributed by atoms with van der Waals surface area (Å²) in [6.45, 7) is 12.1. The zero-order chi connectivity index (χ0) is 33.0. The van der Waals surface area contributed by atoms with Gasteiger partial charge in [-0.3, -0.25) is 0 Å². The largest absolute Gasteiger partial charge is 0.491 e. The lowest BCUT2D eigenvalue weighted by Gasteiger charge is -2.09. The number of para-hydroxylation sites is 1. The number of ether oxygens (including phenoxy) is 12. The first-order chi connectivity index (χ1) is 23.4. The van der Waals surface area contributed by atoms with Gasteiger partial charge in [0.05, 0.1) is 145 Å². The van der Waals surface area contributed by atoms with Crippen LogP contribution in [0.1, 0.15) is 5.56 Å². The molecule has 0 radical (unpaired) electrons. The monoisotopic (exact) mass is 668 g/mol. The fraction of sp³-hybridized carbons (Fsp3) is 0.657. The van der Waals surface area contributed by atoms with Gasteiger partial charge < -0.3 is 56.8 Å². The van der Waals surface area contributed by atoms with Crippen molar-refractivity contribution in [3.05, 3.63) is 66.2 Å². The predicted molar refractivity (Wildman–Crippen MR) is 176 cm³/mol. The van der Waals surface area contributed by atoms with Gasteiger partial charge in [0, 0.05) is 0 Å². The first-order valence-corrected chi connectivity index (χ1v) is 16.5. The normalized spacial score (nSPS) is 11.3. The second-order valence-electron chi connectivity index (χ2n) is 9.82. The summed E-state index contributed by atoms with van der Waals surface area (Å²) in [5.74, 6) is 0.844. The number of hydrogen-bond donors (Lipinski definition) is 0. The minimum atomic E-state index is 0.511. The first kappa shape index (κ1) is 41.0.